The monoisotopic (exact) mass is 145 g/mol. The average Bonchev–Trinajstić information content (AvgIpc) is 2.33. The average molecular weight is 145 g/mol. The van der Waals surface area contributed by atoms with Gasteiger partial charge in [0.2, 0.25) is 0 Å². The van der Waals surface area contributed by atoms with E-state index in [9.17, 15) is 4.39 Å². The third-order valence-corrected chi connectivity index (χ3v) is 2.66. The van der Waals surface area contributed by atoms with Gasteiger partial charge in [0.1, 0.15) is 6.17 Å². The van der Waals surface area contributed by atoms with E-state index in [1.807, 2.05) is 0 Å². The summed E-state index contributed by atoms with van der Waals surface area (Å²) < 4.78 is 12.7. The molecule has 1 fully saturated rings. The predicted molar refractivity (Wildman–Crippen MR) is 40.8 cm³/mol. The van der Waals surface area contributed by atoms with Crippen molar-refractivity contribution in [2.75, 3.05) is 6.54 Å². The van der Waals surface area contributed by atoms with Crippen molar-refractivity contribution < 1.29 is 4.39 Å². The van der Waals surface area contributed by atoms with Crippen molar-refractivity contribution in [1.82, 2.24) is 5.32 Å². The fourth-order valence-electron chi connectivity index (χ4n) is 1.68. The Kier molecular flexibility index (Phi) is 2.29. The first kappa shape index (κ1) is 7.99. The van der Waals surface area contributed by atoms with Crippen LogP contribution in [0, 0.1) is 0 Å². The van der Waals surface area contributed by atoms with E-state index < -0.39 is 6.17 Å². The predicted octanol–water partition coefficient (Wildman–Crippen LogP) is 1.88. The quantitative estimate of drug-likeness (QED) is 0.625. The number of halogens is 1. The van der Waals surface area contributed by atoms with Gasteiger partial charge < -0.3 is 5.32 Å². The van der Waals surface area contributed by atoms with Gasteiger partial charge in [-0.3, -0.25) is 0 Å². The van der Waals surface area contributed by atoms with Crippen molar-refractivity contribution in [2.45, 2.75) is 44.8 Å². The molecular formula is C8H16FN. The van der Waals surface area contributed by atoms with Gasteiger partial charge in [0.25, 0.3) is 0 Å². The molecule has 1 aliphatic heterocycles. The van der Waals surface area contributed by atoms with Crippen molar-refractivity contribution in [3.63, 3.8) is 0 Å². The maximum absolute atomic E-state index is 12.7. The Morgan fingerprint density at radius 2 is 2.10 bits per heavy atom. The van der Waals surface area contributed by atoms with E-state index in [1.54, 1.807) is 0 Å². The van der Waals surface area contributed by atoms with Crippen LogP contribution in [0.15, 0.2) is 0 Å². The summed E-state index contributed by atoms with van der Waals surface area (Å²) in [5.41, 5.74) is 0.124. The van der Waals surface area contributed by atoms with Gasteiger partial charge in [-0.05, 0) is 19.3 Å². The van der Waals surface area contributed by atoms with Crippen LogP contribution in [0.5, 0.6) is 0 Å². The van der Waals surface area contributed by atoms with E-state index in [0.29, 0.717) is 13.0 Å². The van der Waals surface area contributed by atoms with Crippen LogP contribution >= 0.6 is 0 Å². The summed E-state index contributed by atoms with van der Waals surface area (Å²) in [7, 11) is 0. The Hall–Kier alpha value is -0.110. The first-order valence-electron chi connectivity index (χ1n) is 4.11. The summed E-state index contributed by atoms with van der Waals surface area (Å²) in [6, 6.07) is 0. The number of alkyl halides is 1. The molecule has 1 aliphatic rings. The van der Waals surface area contributed by atoms with Gasteiger partial charge in [0.15, 0.2) is 0 Å². The van der Waals surface area contributed by atoms with Crippen LogP contribution in [-0.4, -0.2) is 18.3 Å². The van der Waals surface area contributed by atoms with Crippen molar-refractivity contribution in [1.29, 1.82) is 0 Å². The molecule has 1 unspecified atom stereocenters. The van der Waals surface area contributed by atoms with Gasteiger partial charge in [-0.1, -0.05) is 13.8 Å². The van der Waals surface area contributed by atoms with Crippen LogP contribution in [0.3, 0.4) is 0 Å². The molecule has 2 heteroatoms. The second-order valence-electron chi connectivity index (χ2n) is 3.17. The maximum atomic E-state index is 12.7. The molecular weight excluding hydrogens is 129 g/mol. The Balaban J connectivity index is 2.51. The minimum Gasteiger partial charge on any atom is -0.308 e. The van der Waals surface area contributed by atoms with E-state index in [0.717, 1.165) is 12.8 Å². The van der Waals surface area contributed by atoms with Gasteiger partial charge in [0.05, 0.1) is 0 Å². The smallest absolute Gasteiger partial charge is 0.114 e. The van der Waals surface area contributed by atoms with E-state index in [2.05, 4.69) is 19.2 Å². The molecule has 1 saturated heterocycles. The molecule has 1 heterocycles. The zero-order valence-corrected chi connectivity index (χ0v) is 6.78. The molecule has 0 spiro atoms. The number of hydrogen-bond donors (Lipinski definition) is 1. The molecule has 0 radical (unpaired) electrons. The lowest BCUT2D eigenvalue weighted by molar-refractivity contribution is 0.304. The standard InChI is InChI=1S/C8H16FN/c1-3-8(4-2)5-7(9)6-10-8/h7,10H,3-6H2,1-2H3. The molecule has 0 aromatic carbocycles. The van der Waals surface area contributed by atoms with E-state index in [-0.39, 0.29) is 5.54 Å². The minimum absolute atomic E-state index is 0.124. The number of hydrogen-bond acceptors (Lipinski definition) is 1. The van der Waals surface area contributed by atoms with Gasteiger partial charge >= 0.3 is 0 Å². The zero-order chi connectivity index (χ0) is 7.61. The lowest BCUT2D eigenvalue weighted by atomic mass is 9.91. The van der Waals surface area contributed by atoms with Gasteiger partial charge in [-0.25, -0.2) is 4.39 Å². The highest BCUT2D eigenvalue weighted by molar-refractivity contribution is 4.94. The second kappa shape index (κ2) is 2.87. The topological polar surface area (TPSA) is 12.0 Å². The van der Waals surface area contributed by atoms with Crippen LogP contribution in [0.4, 0.5) is 4.39 Å². The summed E-state index contributed by atoms with van der Waals surface area (Å²) >= 11 is 0. The van der Waals surface area contributed by atoms with Crippen LogP contribution in [-0.2, 0) is 0 Å². The highest BCUT2D eigenvalue weighted by Crippen LogP contribution is 2.27. The molecule has 1 atom stereocenters. The summed E-state index contributed by atoms with van der Waals surface area (Å²) in [5.74, 6) is 0. The lowest BCUT2D eigenvalue weighted by Crippen LogP contribution is -2.37. The van der Waals surface area contributed by atoms with Crippen molar-refractivity contribution in [3.05, 3.63) is 0 Å². The van der Waals surface area contributed by atoms with Crippen LogP contribution in [0.25, 0.3) is 0 Å². The summed E-state index contributed by atoms with van der Waals surface area (Å²) in [4.78, 5) is 0. The Morgan fingerprint density at radius 3 is 2.30 bits per heavy atom. The highest BCUT2D eigenvalue weighted by atomic mass is 19.1. The molecule has 0 saturated carbocycles. The Morgan fingerprint density at radius 1 is 1.50 bits per heavy atom. The highest BCUT2D eigenvalue weighted by Gasteiger charge is 2.35. The zero-order valence-electron chi connectivity index (χ0n) is 6.78. The molecule has 10 heavy (non-hydrogen) atoms. The van der Waals surface area contributed by atoms with Gasteiger partial charge in [-0.2, -0.15) is 0 Å². The molecule has 1 nitrogen and oxygen atoms in total. The molecule has 0 aromatic heterocycles. The van der Waals surface area contributed by atoms with E-state index in [1.165, 1.54) is 0 Å². The van der Waals surface area contributed by atoms with Gasteiger partial charge in [-0.15, -0.1) is 0 Å². The van der Waals surface area contributed by atoms with Crippen LogP contribution < -0.4 is 5.32 Å². The first-order chi connectivity index (χ1) is 4.72. The number of rotatable bonds is 2. The third-order valence-electron chi connectivity index (χ3n) is 2.66. The maximum Gasteiger partial charge on any atom is 0.114 e. The summed E-state index contributed by atoms with van der Waals surface area (Å²) in [6.45, 7) is 4.80. The molecule has 0 aromatic rings. The fourth-order valence-corrected chi connectivity index (χ4v) is 1.68. The summed E-state index contributed by atoms with van der Waals surface area (Å²) in [6.07, 6.45) is 2.19. The molecule has 1 rings (SSSR count). The van der Waals surface area contributed by atoms with Crippen molar-refractivity contribution in [2.24, 2.45) is 0 Å². The molecule has 0 amide bonds. The van der Waals surface area contributed by atoms with Crippen molar-refractivity contribution >= 4 is 0 Å². The Labute approximate surface area is 62.0 Å². The minimum atomic E-state index is -0.611. The second-order valence-corrected chi connectivity index (χ2v) is 3.17. The normalized spacial score (nSPS) is 30.9. The summed E-state index contributed by atoms with van der Waals surface area (Å²) in [5, 5.41) is 3.24. The lowest BCUT2D eigenvalue weighted by Gasteiger charge is -2.25. The van der Waals surface area contributed by atoms with Crippen molar-refractivity contribution in [3.8, 4) is 0 Å². The number of nitrogens with one attached hydrogen (secondary N) is 1. The van der Waals surface area contributed by atoms with Crippen LogP contribution in [0.2, 0.25) is 0 Å². The largest absolute Gasteiger partial charge is 0.308 e. The van der Waals surface area contributed by atoms with Crippen LogP contribution in [0.1, 0.15) is 33.1 Å². The molecule has 1 N–H and O–H groups in total. The molecule has 0 bridgehead atoms. The first-order valence-corrected chi connectivity index (χ1v) is 4.11. The van der Waals surface area contributed by atoms with E-state index >= 15 is 0 Å². The van der Waals surface area contributed by atoms with Gasteiger partial charge in [0, 0.05) is 12.1 Å². The fraction of sp³-hybridized carbons (Fsp3) is 1.00. The van der Waals surface area contributed by atoms with E-state index in [4.69, 9.17) is 0 Å². The molecule has 60 valence electrons. The SMILES string of the molecule is CCC1(CC)CC(F)CN1. The molecule has 0 aliphatic carbocycles. The Bertz CT molecular complexity index is 110. The third kappa shape index (κ3) is 1.31.